The second-order valence-corrected chi connectivity index (χ2v) is 4.43. The van der Waals surface area contributed by atoms with E-state index in [2.05, 4.69) is 5.32 Å². The number of nitrogens with zero attached hydrogens (tertiary/aromatic N) is 1. The summed E-state index contributed by atoms with van der Waals surface area (Å²) in [5.74, 6) is -3.00. The lowest BCUT2D eigenvalue weighted by atomic mass is 10.0. The fourth-order valence-electron chi connectivity index (χ4n) is 2.26. The molecule has 0 radical (unpaired) electrons. The third-order valence-electron chi connectivity index (χ3n) is 3.14. The van der Waals surface area contributed by atoms with Gasteiger partial charge in [-0.25, -0.2) is 9.18 Å². The molecule has 106 valence electrons. The van der Waals surface area contributed by atoms with Crippen molar-refractivity contribution >= 4 is 23.5 Å². The first-order valence-electron chi connectivity index (χ1n) is 6.07. The molecule has 6 nitrogen and oxygen atoms in total. The summed E-state index contributed by atoms with van der Waals surface area (Å²) in [7, 11) is 0. The van der Waals surface area contributed by atoms with Gasteiger partial charge in [0.05, 0.1) is 17.8 Å². The minimum absolute atomic E-state index is 0.143. The molecule has 1 aliphatic heterocycles. The highest BCUT2D eigenvalue weighted by Gasteiger charge is 2.34. The van der Waals surface area contributed by atoms with Crippen molar-refractivity contribution in [3.63, 3.8) is 0 Å². The molecule has 0 bridgehead atoms. The number of carbonyl (C=O) groups excluding carboxylic acids is 2. The molecule has 1 aromatic rings. The quantitative estimate of drug-likeness (QED) is 0.798. The zero-order chi connectivity index (χ0) is 14.9. The number of nitrogens with one attached hydrogen (secondary N) is 1. The molecular formula is C13H13FN2O4. The van der Waals surface area contributed by atoms with Crippen LogP contribution in [-0.2, 0) is 9.59 Å². The number of rotatable bonds is 3. The molecule has 1 heterocycles. The molecule has 0 aromatic heterocycles. The number of halogens is 1. The fourth-order valence-corrected chi connectivity index (χ4v) is 2.26. The first kappa shape index (κ1) is 14.0. The van der Waals surface area contributed by atoms with E-state index in [4.69, 9.17) is 5.11 Å². The summed E-state index contributed by atoms with van der Waals surface area (Å²) >= 11 is 0. The van der Waals surface area contributed by atoms with E-state index in [9.17, 15) is 18.8 Å². The topological polar surface area (TPSA) is 86.7 Å². The zero-order valence-corrected chi connectivity index (χ0v) is 10.7. The van der Waals surface area contributed by atoms with Gasteiger partial charge in [-0.15, -0.1) is 0 Å². The van der Waals surface area contributed by atoms with E-state index < -0.39 is 29.6 Å². The number of carboxylic acid groups (broad SMARTS) is 1. The number of carboxylic acids is 1. The number of hydrogen-bond acceptors (Lipinski definition) is 4. The second-order valence-electron chi connectivity index (χ2n) is 4.43. The standard InChI is InChI=1S/C13H13FN2O4/c1-2-9-12(18)15-11(17)6-16(9)10-4-3-7(14)5-8(10)13(19)20/h3-5,9H,2,6H2,1H3,(H,19,20)(H,15,17,18). The summed E-state index contributed by atoms with van der Waals surface area (Å²) in [6.45, 7) is 1.60. The highest BCUT2D eigenvalue weighted by Crippen LogP contribution is 2.26. The van der Waals surface area contributed by atoms with Gasteiger partial charge >= 0.3 is 5.97 Å². The van der Waals surface area contributed by atoms with Gasteiger partial charge in [-0.1, -0.05) is 6.92 Å². The van der Waals surface area contributed by atoms with Crippen molar-refractivity contribution in [2.24, 2.45) is 0 Å². The Labute approximate surface area is 114 Å². The van der Waals surface area contributed by atoms with E-state index in [1.165, 1.54) is 11.0 Å². The molecular weight excluding hydrogens is 267 g/mol. The lowest BCUT2D eigenvalue weighted by Gasteiger charge is -2.35. The molecule has 1 unspecified atom stereocenters. The van der Waals surface area contributed by atoms with Crippen molar-refractivity contribution in [3.05, 3.63) is 29.6 Å². The van der Waals surface area contributed by atoms with Crippen LogP contribution in [0.4, 0.5) is 10.1 Å². The van der Waals surface area contributed by atoms with Crippen molar-refractivity contribution in [1.29, 1.82) is 0 Å². The van der Waals surface area contributed by atoms with Gasteiger partial charge in [0.25, 0.3) is 0 Å². The Hall–Kier alpha value is -2.44. The van der Waals surface area contributed by atoms with Crippen molar-refractivity contribution in [1.82, 2.24) is 5.32 Å². The Morgan fingerprint density at radius 3 is 2.80 bits per heavy atom. The van der Waals surface area contributed by atoms with Crippen LogP contribution in [-0.4, -0.2) is 35.5 Å². The molecule has 1 atom stereocenters. The number of carbonyl (C=O) groups is 3. The number of benzene rings is 1. The van der Waals surface area contributed by atoms with Crippen LogP contribution in [0.3, 0.4) is 0 Å². The molecule has 1 saturated heterocycles. The molecule has 0 aliphatic carbocycles. The van der Waals surface area contributed by atoms with E-state index in [-0.39, 0.29) is 17.8 Å². The van der Waals surface area contributed by atoms with Crippen LogP contribution >= 0.6 is 0 Å². The van der Waals surface area contributed by atoms with Gasteiger partial charge in [-0.3, -0.25) is 14.9 Å². The first-order valence-corrected chi connectivity index (χ1v) is 6.07. The largest absolute Gasteiger partial charge is 0.478 e. The number of aromatic carboxylic acids is 1. The van der Waals surface area contributed by atoms with Crippen LogP contribution in [0.1, 0.15) is 23.7 Å². The first-order chi connectivity index (χ1) is 9.43. The Kier molecular flexibility index (Phi) is 3.69. The van der Waals surface area contributed by atoms with Crippen molar-refractivity contribution < 1.29 is 23.9 Å². The van der Waals surface area contributed by atoms with Crippen molar-refractivity contribution in [3.8, 4) is 0 Å². The van der Waals surface area contributed by atoms with Crippen LogP contribution in [0, 0.1) is 5.82 Å². The lowest BCUT2D eigenvalue weighted by molar-refractivity contribution is -0.132. The maximum absolute atomic E-state index is 13.2. The smallest absolute Gasteiger partial charge is 0.337 e. The lowest BCUT2D eigenvalue weighted by Crippen LogP contribution is -2.58. The van der Waals surface area contributed by atoms with Gasteiger partial charge in [-0.05, 0) is 24.6 Å². The molecule has 7 heteroatoms. The van der Waals surface area contributed by atoms with Gasteiger partial charge < -0.3 is 10.0 Å². The predicted octanol–water partition coefficient (Wildman–Crippen LogP) is 0.765. The molecule has 1 aromatic carbocycles. The van der Waals surface area contributed by atoms with E-state index in [1.807, 2.05) is 0 Å². The molecule has 1 aliphatic rings. The summed E-state index contributed by atoms with van der Waals surface area (Å²) in [6, 6.07) is 2.59. The van der Waals surface area contributed by atoms with Crippen LogP contribution in [0.2, 0.25) is 0 Å². The highest BCUT2D eigenvalue weighted by molar-refractivity contribution is 6.06. The third kappa shape index (κ3) is 2.47. The summed E-state index contributed by atoms with van der Waals surface area (Å²) < 4.78 is 13.2. The normalized spacial score (nSPS) is 18.9. The molecule has 1 fully saturated rings. The number of amides is 2. The van der Waals surface area contributed by atoms with Gasteiger partial charge in [0.2, 0.25) is 11.8 Å². The fraction of sp³-hybridized carbons (Fsp3) is 0.308. The van der Waals surface area contributed by atoms with Gasteiger partial charge in [0.15, 0.2) is 0 Å². The van der Waals surface area contributed by atoms with Crippen LogP contribution in [0.15, 0.2) is 18.2 Å². The molecule has 0 saturated carbocycles. The van der Waals surface area contributed by atoms with Crippen LogP contribution in [0.25, 0.3) is 0 Å². The molecule has 2 rings (SSSR count). The zero-order valence-electron chi connectivity index (χ0n) is 10.7. The number of hydrogen-bond donors (Lipinski definition) is 2. The van der Waals surface area contributed by atoms with E-state index in [0.717, 1.165) is 12.1 Å². The van der Waals surface area contributed by atoms with Gasteiger partial charge in [0.1, 0.15) is 11.9 Å². The summed E-state index contributed by atoms with van der Waals surface area (Å²) in [5, 5.41) is 11.3. The third-order valence-corrected chi connectivity index (χ3v) is 3.14. The molecule has 2 N–H and O–H groups in total. The average Bonchev–Trinajstić information content (AvgIpc) is 2.37. The molecule has 0 spiro atoms. The maximum Gasteiger partial charge on any atom is 0.337 e. The van der Waals surface area contributed by atoms with Gasteiger partial charge in [-0.2, -0.15) is 0 Å². The number of piperazine rings is 1. The minimum atomic E-state index is -1.31. The van der Waals surface area contributed by atoms with Crippen molar-refractivity contribution in [2.75, 3.05) is 11.4 Å². The van der Waals surface area contributed by atoms with Crippen molar-refractivity contribution in [2.45, 2.75) is 19.4 Å². The van der Waals surface area contributed by atoms with Gasteiger partial charge in [0, 0.05) is 0 Å². The summed E-state index contributed by atoms with van der Waals surface area (Å²) in [6.07, 6.45) is 0.398. The van der Waals surface area contributed by atoms with Crippen LogP contribution < -0.4 is 10.2 Å². The number of anilines is 1. The van der Waals surface area contributed by atoms with Crippen LogP contribution in [0.5, 0.6) is 0 Å². The number of imide groups is 1. The second kappa shape index (κ2) is 5.28. The summed E-state index contributed by atoms with van der Waals surface area (Å²) in [4.78, 5) is 35.8. The van der Waals surface area contributed by atoms with E-state index in [1.54, 1.807) is 6.92 Å². The molecule has 2 amide bonds. The minimum Gasteiger partial charge on any atom is -0.478 e. The molecule has 20 heavy (non-hydrogen) atoms. The summed E-state index contributed by atoms with van der Waals surface area (Å²) in [5.41, 5.74) is -0.111. The Morgan fingerprint density at radius 2 is 2.20 bits per heavy atom. The Bertz CT molecular complexity index is 588. The van der Waals surface area contributed by atoms with E-state index >= 15 is 0 Å². The Balaban J connectivity index is 2.50. The SMILES string of the molecule is CCC1C(=O)NC(=O)CN1c1ccc(F)cc1C(=O)O. The van der Waals surface area contributed by atoms with E-state index in [0.29, 0.717) is 6.42 Å². The predicted molar refractivity (Wildman–Crippen MR) is 67.9 cm³/mol. The average molecular weight is 280 g/mol. The highest BCUT2D eigenvalue weighted by atomic mass is 19.1. The Morgan fingerprint density at radius 1 is 1.50 bits per heavy atom. The maximum atomic E-state index is 13.2. The monoisotopic (exact) mass is 280 g/mol.